The van der Waals surface area contributed by atoms with Crippen molar-refractivity contribution in [2.45, 2.75) is 37.6 Å². The molecule has 6 nitrogen and oxygen atoms in total. The van der Waals surface area contributed by atoms with Crippen LogP contribution in [0.15, 0.2) is 83.8 Å². The number of sulfonamides is 1. The highest BCUT2D eigenvalue weighted by Gasteiger charge is 2.43. The van der Waals surface area contributed by atoms with E-state index in [0.29, 0.717) is 36.7 Å². The van der Waals surface area contributed by atoms with Crippen molar-refractivity contribution in [1.29, 1.82) is 0 Å². The number of ether oxygens (including phenoxy) is 1. The third kappa shape index (κ3) is 6.92. The molecule has 0 unspecified atom stereocenters. The minimum absolute atomic E-state index is 0.0432. The number of halogens is 1. The number of carbonyl (C=O) groups excluding carboxylic acids is 1. The number of piperidine rings is 1. The molecule has 37 heavy (non-hydrogen) atoms. The Morgan fingerprint density at radius 3 is 2.49 bits per heavy atom. The van der Waals surface area contributed by atoms with Gasteiger partial charge in [0.05, 0.1) is 11.5 Å². The average molecular weight is 541 g/mol. The first-order valence-corrected chi connectivity index (χ1v) is 14.2. The minimum atomic E-state index is -3.71. The molecule has 0 radical (unpaired) electrons. The zero-order valence-electron chi connectivity index (χ0n) is 21.3. The summed E-state index contributed by atoms with van der Waals surface area (Å²) in [6.07, 6.45) is 1.51. The van der Waals surface area contributed by atoms with E-state index in [4.69, 9.17) is 16.3 Å². The van der Waals surface area contributed by atoms with Crippen molar-refractivity contribution < 1.29 is 17.9 Å². The van der Waals surface area contributed by atoms with E-state index in [1.807, 2.05) is 43.3 Å². The first-order valence-electron chi connectivity index (χ1n) is 12.4. The normalized spacial score (nSPS) is 18.4. The summed E-state index contributed by atoms with van der Waals surface area (Å²) in [6, 6.07) is 23.8. The smallest absolute Gasteiger partial charge is 0.243 e. The van der Waals surface area contributed by atoms with Gasteiger partial charge in [-0.1, -0.05) is 54.1 Å². The Balaban J connectivity index is 1.57. The van der Waals surface area contributed by atoms with Gasteiger partial charge in [0, 0.05) is 43.5 Å². The molecule has 8 heteroatoms. The number of carbonyl (C=O) groups is 1. The lowest BCUT2D eigenvalue weighted by atomic mass is 9.78. The predicted octanol–water partition coefficient (Wildman–Crippen LogP) is 5.55. The largest absolute Gasteiger partial charge is 0.493 e. The standard InChI is InChI=1S/C29H33ClN2O4S/c1-23-8-6-11-27(18-23)37(34,35)32-17-7-16-29(21-32,22-36-26-14-12-25(30)13-15-26)19-28(33)31(2)20-24-9-4-3-5-10-24/h3-6,8-15,18H,7,16-17,19-22H2,1-2H3/t29-/m0/s1. The Labute approximate surface area is 224 Å². The van der Waals surface area contributed by atoms with E-state index in [0.717, 1.165) is 11.1 Å². The van der Waals surface area contributed by atoms with Crippen LogP contribution in [0, 0.1) is 12.3 Å². The number of nitrogens with zero attached hydrogens (tertiary/aromatic N) is 2. The van der Waals surface area contributed by atoms with Gasteiger partial charge in [0.1, 0.15) is 5.75 Å². The van der Waals surface area contributed by atoms with Gasteiger partial charge in [-0.25, -0.2) is 8.42 Å². The number of rotatable bonds is 9. The molecule has 0 aliphatic carbocycles. The van der Waals surface area contributed by atoms with Gasteiger partial charge in [0.2, 0.25) is 15.9 Å². The second-order valence-corrected chi connectivity index (χ2v) is 12.3. The third-order valence-electron chi connectivity index (χ3n) is 6.83. The van der Waals surface area contributed by atoms with E-state index in [1.54, 1.807) is 54.4 Å². The fourth-order valence-corrected chi connectivity index (χ4v) is 6.60. The van der Waals surface area contributed by atoms with E-state index in [-0.39, 0.29) is 30.4 Å². The van der Waals surface area contributed by atoms with Crippen molar-refractivity contribution in [3.63, 3.8) is 0 Å². The fraction of sp³-hybridized carbons (Fsp3) is 0.345. The van der Waals surface area contributed by atoms with Crippen LogP contribution in [-0.2, 0) is 21.4 Å². The SMILES string of the molecule is Cc1cccc(S(=O)(=O)N2CCC[C@](COc3ccc(Cl)cc3)(CC(=O)N(C)Cc3ccccc3)C2)c1. The molecular weight excluding hydrogens is 508 g/mol. The summed E-state index contributed by atoms with van der Waals surface area (Å²) < 4.78 is 34.8. The van der Waals surface area contributed by atoms with E-state index in [1.165, 1.54) is 4.31 Å². The first kappa shape index (κ1) is 27.2. The molecule has 1 fully saturated rings. The lowest BCUT2D eigenvalue weighted by Crippen LogP contribution is -2.50. The monoisotopic (exact) mass is 540 g/mol. The van der Waals surface area contributed by atoms with Crippen LogP contribution in [0.5, 0.6) is 5.75 Å². The van der Waals surface area contributed by atoms with Crippen LogP contribution in [0.2, 0.25) is 5.02 Å². The summed E-state index contributed by atoms with van der Waals surface area (Å²) in [5, 5.41) is 0.605. The second kappa shape index (κ2) is 11.7. The predicted molar refractivity (Wildman–Crippen MR) is 146 cm³/mol. The molecule has 0 aromatic heterocycles. The molecule has 3 aromatic carbocycles. The molecule has 1 heterocycles. The van der Waals surface area contributed by atoms with Gasteiger partial charge in [-0.3, -0.25) is 4.79 Å². The fourth-order valence-electron chi connectivity index (χ4n) is 4.77. The summed E-state index contributed by atoms with van der Waals surface area (Å²) in [6.45, 7) is 3.20. The molecule has 0 saturated carbocycles. The zero-order valence-corrected chi connectivity index (χ0v) is 22.8. The molecule has 4 rings (SSSR count). The third-order valence-corrected chi connectivity index (χ3v) is 8.92. The Morgan fingerprint density at radius 1 is 1.05 bits per heavy atom. The lowest BCUT2D eigenvalue weighted by Gasteiger charge is -2.42. The van der Waals surface area contributed by atoms with Gasteiger partial charge >= 0.3 is 0 Å². The summed E-state index contributed by atoms with van der Waals surface area (Å²) in [5.74, 6) is 0.589. The van der Waals surface area contributed by atoms with Crippen LogP contribution in [0.25, 0.3) is 0 Å². The highest BCUT2D eigenvalue weighted by molar-refractivity contribution is 7.89. The van der Waals surface area contributed by atoms with Gasteiger partial charge in [0.15, 0.2) is 0 Å². The summed E-state index contributed by atoms with van der Waals surface area (Å²) >= 11 is 6.02. The molecule has 1 amide bonds. The Morgan fingerprint density at radius 2 is 1.78 bits per heavy atom. The molecule has 1 aliphatic heterocycles. The van der Waals surface area contributed by atoms with Crippen molar-refractivity contribution in [2.24, 2.45) is 5.41 Å². The number of hydrogen-bond acceptors (Lipinski definition) is 4. The Kier molecular flexibility index (Phi) is 8.57. The second-order valence-electron chi connectivity index (χ2n) is 9.91. The topological polar surface area (TPSA) is 66.9 Å². The molecular formula is C29H33ClN2O4S. The van der Waals surface area contributed by atoms with E-state index < -0.39 is 15.4 Å². The van der Waals surface area contributed by atoms with Crippen molar-refractivity contribution in [2.75, 3.05) is 26.7 Å². The van der Waals surface area contributed by atoms with Gasteiger partial charge in [0.25, 0.3) is 0 Å². The number of aryl methyl sites for hydroxylation is 1. The zero-order chi connectivity index (χ0) is 26.5. The molecule has 0 spiro atoms. The molecule has 0 N–H and O–H groups in total. The Bertz CT molecular complexity index is 1320. The maximum absolute atomic E-state index is 13.6. The summed E-state index contributed by atoms with van der Waals surface area (Å²) in [4.78, 5) is 15.4. The maximum Gasteiger partial charge on any atom is 0.243 e. The van der Waals surface area contributed by atoms with Crippen LogP contribution in [-0.4, -0.2) is 50.3 Å². The maximum atomic E-state index is 13.6. The van der Waals surface area contributed by atoms with Crippen LogP contribution in [0.3, 0.4) is 0 Å². The first-order chi connectivity index (χ1) is 17.7. The van der Waals surface area contributed by atoms with Gasteiger partial charge < -0.3 is 9.64 Å². The summed E-state index contributed by atoms with van der Waals surface area (Å²) in [5.41, 5.74) is 1.25. The van der Waals surface area contributed by atoms with Crippen molar-refractivity contribution in [3.05, 3.63) is 95.0 Å². The van der Waals surface area contributed by atoms with Crippen LogP contribution in [0.1, 0.15) is 30.4 Å². The van der Waals surface area contributed by atoms with Crippen molar-refractivity contribution in [3.8, 4) is 5.75 Å². The highest BCUT2D eigenvalue weighted by atomic mass is 35.5. The van der Waals surface area contributed by atoms with Gasteiger partial charge in [-0.2, -0.15) is 4.31 Å². The molecule has 1 aliphatic rings. The number of benzene rings is 3. The number of amides is 1. The van der Waals surface area contributed by atoms with Crippen molar-refractivity contribution in [1.82, 2.24) is 9.21 Å². The molecule has 3 aromatic rings. The van der Waals surface area contributed by atoms with Crippen LogP contribution >= 0.6 is 11.6 Å². The summed E-state index contributed by atoms with van der Waals surface area (Å²) in [7, 11) is -1.93. The van der Waals surface area contributed by atoms with E-state index in [9.17, 15) is 13.2 Å². The van der Waals surface area contributed by atoms with E-state index >= 15 is 0 Å². The quantitative estimate of drug-likeness (QED) is 0.357. The van der Waals surface area contributed by atoms with Gasteiger partial charge in [-0.15, -0.1) is 0 Å². The highest BCUT2D eigenvalue weighted by Crippen LogP contribution is 2.37. The van der Waals surface area contributed by atoms with E-state index in [2.05, 4.69) is 0 Å². The van der Waals surface area contributed by atoms with Gasteiger partial charge in [-0.05, 0) is 67.3 Å². The minimum Gasteiger partial charge on any atom is -0.493 e. The molecule has 1 saturated heterocycles. The van der Waals surface area contributed by atoms with Crippen molar-refractivity contribution >= 4 is 27.5 Å². The lowest BCUT2D eigenvalue weighted by molar-refractivity contribution is -0.134. The molecule has 196 valence electrons. The number of hydrogen-bond donors (Lipinski definition) is 0. The van der Waals surface area contributed by atoms with Crippen LogP contribution < -0.4 is 4.74 Å². The van der Waals surface area contributed by atoms with Crippen LogP contribution in [0.4, 0.5) is 0 Å². The molecule has 1 atom stereocenters. The molecule has 0 bridgehead atoms. The average Bonchev–Trinajstić information content (AvgIpc) is 2.89. The Hall–Kier alpha value is -2.87.